The average Bonchev–Trinajstić information content (AvgIpc) is 2.71. The summed E-state index contributed by atoms with van der Waals surface area (Å²) in [5.41, 5.74) is 4.47. The molecular weight excluding hydrogens is 368 g/mol. The Morgan fingerprint density at radius 2 is 1.86 bits per heavy atom. The number of nitrogens with one attached hydrogen (secondary N) is 1. The number of hydrogen-bond donors (Lipinski definition) is 1. The first kappa shape index (κ1) is 20.7. The summed E-state index contributed by atoms with van der Waals surface area (Å²) in [5, 5.41) is 3.11. The highest BCUT2D eigenvalue weighted by atomic mass is 32.2. The van der Waals surface area contributed by atoms with E-state index in [4.69, 9.17) is 4.74 Å². The van der Waals surface area contributed by atoms with Crippen LogP contribution < -0.4 is 10.1 Å². The lowest BCUT2D eigenvalue weighted by atomic mass is 10.1. The van der Waals surface area contributed by atoms with Gasteiger partial charge in [-0.3, -0.25) is 9.69 Å². The normalized spacial score (nSPS) is 14.6. The van der Waals surface area contributed by atoms with Crippen molar-refractivity contribution in [2.45, 2.75) is 33.2 Å². The van der Waals surface area contributed by atoms with Crippen molar-refractivity contribution in [3.8, 4) is 5.75 Å². The van der Waals surface area contributed by atoms with Crippen LogP contribution >= 0.6 is 11.8 Å². The number of carbonyl (C=O) groups excluding carboxylic acids is 1. The molecular formula is C23H30N2O2S. The van der Waals surface area contributed by atoms with Crippen molar-refractivity contribution in [3.63, 3.8) is 0 Å². The van der Waals surface area contributed by atoms with Gasteiger partial charge in [0, 0.05) is 43.2 Å². The molecule has 28 heavy (non-hydrogen) atoms. The Labute approximate surface area is 172 Å². The van der Waals surface area contributed by atoms with Crippen LogP contribution in [0.1, 0.15) is 30.0 Å². The lowest BCUT2D eigenvalue weighted by molar-refractivity contribution is -0.116. The molecule has 0 atom stereocenters. The highest BCUT2D eigenvalue weighted by Crippen LogP contribution is 2.23. The number of benzene rings is 2. The van der Waals surface area contributed by atoms with E-state index >= 15 is 0 Å². The molecule has 2 aromatic carbocycles. The van der Waals surface area contributed by atoms with Crippen molar-refractivity contribution in [1.29, 1.82) is 0 Å². The molecule has 4 nitrogen and oxygen atoms in total. The molecule has 0 bridgehead atoms. The molecule has 1 N–H and O–H groups in total. The molecule has 0 aromatic heterocycles. The zero-order valence-electron chi connectivity index (χ0n) is 16.9. The van der Waals surface area contributed by atoms with Crippen LogP contribution in [0.25, 0.3) is 0 Å². The van der Waals surface area contributed by atoms with Gasteiger partial charge in [0.15, 0.2) is 0 Å². The zero-order chi connectivity index (χ0) is 19.8. The first-order chi connectivity index (χ1) is 13.7. The molecule has 0 spiro atoms. The molecule has 1 aliphatic heterocycles. The van der Waals surface area contributed by atoms with Gasteiger partial charge in [-0.2, -0.15) is 11.8 Å². The number of aryl methyl sites for hydroxylation is 1. The van der Waals surface area contributed by atoms with Crippen molar-refractivity contribution < 1.29 is 9.53 Å². The summed E-state index contributed by atoms with van der Waals surface area (Å²) in [6, 6.07) is 14.2. The van der Waals surface area contributed by atoms with E-state index in [0.29, 0.717) is 19.4 Å². The summed E-state index contributed by atoms with van der Waals surface area (Å²) in [4.78, 5) is 15.0. The topological polar surface area (TPSA) is 41.6 Å². The number of amides is 1. The van der Waals surface area contributed by atoms with Crippen LogP contribution in [-0.2, 0) is 17.8 Å². The van der Waals surface area contributed by atoms with E-state index in [1.807, 2.05) is 55.1 Å². The van der Waals surface area contributed by atoms with Gasteiger partial charge < -0.3 is 10.1 Å². The second kappa shape index (κ2) is 10.5. The molecule has 0 saturated carbocycles. The Bertz CT molecular complexity index is 788. The summed E-state index contributed by atoms with van der Waals surface area (Å²) in [6.45, 7) is 7.94. The van der Waals surface area contributed by atoms with Crippen LogP contribution in [0.3, 0.4) is 0 Å². The summed E-state index contributed by atoms with van der Waals surface area (Å²) in [6.07, 6.45) is 1.11. The van der Waals surface area contributed by atoms with Gasteiger partial charge in [0.05, 0.1) is 6.61 Å². The molecule has 1 heterocycles. The highest BCUT2D eigenvalue weighted by Gasteiger charge is 2.14. The van der Waals surface area contributed by atoms with Crippen LogP contribution in [0, 0.1) is 6.92 Å². The van der Waals surface area contributed by atoms with Gasteiger partial charge in [-0.05, 0) is 49.1 Å². The van der Waals surface area contributed by atoms with Gasteiger partial charge in [0.2, 0.25) is 5.91 Å². The van der Waals surface area contributed by atoms with E-state index in [9.17, 15) is 4.79 Å². The van der Waals surface area contributed by atoms with Gasteiger partial charge in [-0.25, -0.2) is 0 Å². The van der Waals surface area contributed by atoms with Crippen LogP contribution in [0.5, 0.6) is 5.75 Å². The molecule has 5 heteroatoms. The van der Waals surface area contributed by atoms with Crippen LogP contribution in [0.2, 0.25) is 0 Å². The average molecular weight is 399 g/mol. The molecule has 1 amide bonds. The van der Waals surface area contributed by atoms with Gasteiger partial charge in [-0.15, -0.1) is 0 Å². The van der Waals surface area contributed by atoms with Crippen molar-refractivity contribution in [2.75, 3.05) is 36.5 Å². The third-order valence-electron chi connectivity index (χ3n) is 5.11. The monoisotopic (exact) mass is 398 g/mol. The minimum Gasteiger partial charge on any atom is -0.494 e. The zero-order valence-corrected chi connectivity index (χ0v) is 17.7. The van der Waals surface area contributed by atoms with Gasteiger partial charge in [0.1, 0.15) is 5.75 Å². The fourth-order valence-corrected chi connectivity index (χ4v) is 4.44. The van der Waals surface area contributed by atoms with E-state index in [2.05, 4.69) is 23.2 Å². The fourth-order valence-electron chi connectivity index (χ4n) is 3.46. The first-order valence-corrected chi connectivity index (χ1v) is 11.2. The molecule has 0 aliphatic carbocycles. The number of hydrogen-bond acceptors (Lipinski definition) is 4. The molecule has 1 aliphatic rings. The number of nitrogens with zero attached hydrogens (tertiary/aromatic N) is 1. The highest BCUT2D eigenvalue weighted by molar-refractivity contribution is 7.99. The van der Waals surface area contributed by atoms with E-state index in [0.717, 1.165) is 36.6 Å². The second-order valence-corrected chi connectivity index (χ2v) is 8.29. The first-order valence-electron chi connectivity index (χ1n) is 10.1. The standard InChI is InChI=1S/C23H30N2O2S/c1-3-27-22-10-5-4-7-19(22)11-12-23(26)24-21-9-6-8-20(18(21)2)17-25-13-15-28-16-14-25/h4-10H,3,11-17H2,1-2H3,(H,24,26). The Hall–Kier alpha value is -1.98. The van der Waals surface area contributed by atoms with Crippen molar-refractivity contribution >= 4 is 23.4 Å². The van der Waals surface area contributed by atoms with E-state index in [1.165, 1.54) is 22.6 Å². The summed E-state index contributed by atoms with van der Waals surface area (Å²) >= 11 is 2.02. The van der Waals surface area contributed by atoms with E-state index in [1.54, 1.807) is 0 Å². The Morgan fingerprint density at radius 1 is 1.11 bits per heavy atom. The minimum absolute atomic E-state index is 0.0425. The van der Waals surface area contributed by atoms with Crippen molar-refractivity contribution in [2.24, 2.45) is 0 Å². The lowest BCUT2D eigenvalue weighted by Gasteiger charge is -2.27. The molecule has 150 valence electrons. The SMILES string of the molecule is CCOc1ccccc1CCC(=O)Nc1cccc(CN2CCSCC2)c1C. The number of anilines is 1. The lowest BCUT2D eigenvalue weighted by Crippen LogP contribution is -2.32. The molecule has 1 fully saturated rings. The number of ether oxygens (including phenoxy) is 1. The molecule has 1 saturated heterocycles. The van der Waals surface area contributed by atoms with Crippen LogP contribution in [-0.4, -0.2) is 42.0 Å². The molecule has 3 rings (SSSR count). The minimum atomic E-state index is 0.0425. The number of thioether (sulfide) groups is 1. The van der Waals surface area contributed by atoms with Gasteiger partial charge in [-0.1, -0.05) is 30.3 Å². The molecule has 0 radical (unpaired) electrons. The summed E-state index contributed by atoms with van der Waals surface area (Å²) < 4.78 is 5.66. The smallest absolute Gasteiger partial charge is 0.224 e. The maximum Gasteiger partial charge on any atom is 0.224 e. The predicted molar refractivity (Wildman–Crippen MR) is 118 cm³/mol. The largest absolute Gasteiger partial charge is 0.494 e. The Kier molecular flexibility index (Phi) is 7.80. The third kappa shape index (κ3) is 5.76. The quantitative estimate of drug-likeness (QED) is 0.710. The maximum absolute atomic E-state index is 12.5. The van der Waals surface area contributed by atoms with E-state index < -0.39 is 0 Å². The Balaban J connectivity index is 1.59. The molecule has 0 unspecified atom stereocenters. The number of rotatable bonds is 8. The number of carbonyl (C=O) groups is 1. The van der Waals surface area contributed by atoms with Crippen molar-refractivity contribution in [1.82, 2.24) is 4.90 Å². The van der Waals surface area contributed by atoms with E-state index in [-0.39, 0.29) is 5.91 Å². The van der Waals surface area contributed by atoms with Gasteiger partial charge in [0.25, 0.3) is 0 Å². The van der Waals surface area contributed by atoms with Crippen LogP contribution in [0.15, 0.2) is 42.5 Å². The second-order valence-electron chi connectivity index (χ2n) is 7.07. The number of para-hydroxylation sites is 1. The maximum atomic E-state index is 12.5. The van der Waals surface area contributed by atoms with Gasteiger partial charge >= 0.3 is 0 Å². The van der Waals surface area contributed by atoms with Crippen LogP contribution in [0.4, 0.5) is 5.69 Å². The predicted octanol–water partition coefficient (Wildman–Crippen LogP) is 4.51. The third-order valence-corrected chi connectivity index (χ3v) is 6.05. The van der Waals surface area contributed by atoms with Crippen molar-refractivity contribution in [3.05, 3.63) is 59.2 Å². The summed E-state index contributed by atoms with van der Waals surface area (Å²) in [5.74, 6) is 3.33. The Morgan fingerprint density at radius 3 is 2.64 bits per heavy atom. The molecule has 2 aromatic rings. The fraction of sp³-hybridized carbons (Fsp3) is 0.435. The summed E-state index contributed by atoms with van der Waals surface area (Å²) in [7, 11) is 0.